The molecule has 0 aliphatic carbocycles. The van der Waals surface area contributed by atoms with Crippen molar-refractivity contribution in [2.45, 2.75) is 50.4 Å². The first-order valence-corrected chi connectivity index (χ1v) is 13.1. The van der Waals surface area contributed by atoms with E-state index in [0.29, 0.717) is 36.5 Å². The van der Waals surface area contributed by atoms with Gasteiger partial charge in [-0.15, -0.1) is 13.2 Å². The largest absolute Gasteiger partial charge is 0.396 e. The van der Waals surface area contributed by atoms with Gasteiger partial charge in [-0.3, -0.25) is 14.4 Å². The lowest BCUT2D eigenvalue weighted by Gasteiger charge is -2.37. The summed E-state index contributed by atoms with van der Waals surface area (Å²) in [6.45, 7) is 11.9. The van der Waals surface area contributed by atoms with E-state index in [1.165, 1.54) is 4.90 Å². The van der Waals surface area contributed by atoms with Gasteiger partial charge < -0.3 is 24.5 Å². The van der Waals surface area contributed by atoms with Crippen molar-refractivity contribution in [2.24, 2.45) is 11.8 Å². The number of ether oxygens (including phenoxy) is 1. The monoisotopic (exact) mass is 529 g/mol. The highest BCUT2D eigenvalue weighted by atomic mass is 35.5. The van der Waals surface area contributed by atoms with E-state index in [4.69, 9.17) is 16.3 Å². The van der Waals surface area contributed by atoms with Gasteiger partial charge in [0.15, 0.2) is 0 Å². The summed E-state index contributed by atoms with van der Waals surface area (Å²) < 4.78 is 6.67. The number of aryl methyl sites for hydroxylation is 1. The Bertz CT molecular complexity index is 1100. The van der Waals surface area contributed by atoms with E-state index < -0.39 is 29.1 Å². The summed E-state index contributed by atoms with van der Waals surface area (Å²) in [6.07, 6.45) is 4.59. The van der Waals surface area contributed by atoms with E-state index in [2.05, 4.69) is 13.2 Å². The quantitative estimate of drug-likeness (QED) is 0.471. The number of benzene rings is 1. The van der Waals surface area contributed by atoms with Crippen molar-refractivity contribution < 1.29 is 24.2 Å². The highest BCUT2D eigenvalue weighted by molar-refractivity contribution is 6.34. The minimum absolute atomic E-state index is 0.134. The molecule has 37 heavy (non-hydrogen) atoms. The van der Waals surface area contributed by atoms with Gasteiger partial charge >= 0.3 is 0 Å². The summed E-state index contributed by atoms with van der Waals surface area (Å²) in [7, 11) is 1.68. The molecule has 3 aliphatic rings. The van der Waals surface area contributed by atoms with Crippen LogP contribution in [0.15, 0.2) is 43.5 Å². The molecule has 2 unspecified atom stereocenters. The van der Waals surface area contributed by atoms with Gasteiger partial charge in [0.1, 0.15) is 11.6 Å². The molecule has 3 aliphatic heterocycles. The molecule has 0 aromatic heterocycles. The van der Waals surface area contributed by atoms with E-state index in [1.807, 2.05) is 26.0 Å². The predicted octanol–water partition coefficient (Wildman–Crippen LogP) is 2.96. The molecule has 2 bridgehead atoms. The number of nitrogens with zero attached hydrogens (tertiary/aromatic N) is 3. The summed E-state index contributed by atoms with van der Waals surface area (Å²) in [5.41, 5.74) is -0.647. The van der Waals surface area contributed by atoms with Gasteiger partial charge in [-0.1, -0.05) is 35.9 Å². The van der Waals surface area contributed by atoms with Gasteiger partial charge in [0.05, 0.1) is 28.1 Å². The number of aliphatic hydroxyl groups is 1. The van der Waals surface area contributed by atoms with Gasteiger partial charge in [0.2, 0.25) is 11.8 Å². The minimum atomic E-state index is -1.15. The summed E-state index contributed by atoms with van der Waals surface area (Å²) >= 11 is 6.57. The molecular weight excluding hydrogens is 494 g/mol. The van der Waals surface area contributed by atoms with Crippen LogP contribution in [0.5, 0.6) is 0 Å². The molecule has 1 N–H and O–H groups in total. The number of para-hydroxylation sites is 1. The van der Waals surface area contributed by atoms with E-state index in [1.54, 1.807) is 35.1 Å². The first-order chi connectivity index (χ1) is 17.6. The minimum Gasteiger partial charge on any atom is -0.396 e. The Kier molecular flexibility index (Phi) is 7.57. The van der Waals surface area contributed by atoms with E-state index in [9.17, 15) is 19.5 Å². The van der Waals surface area contributed by atoms with E-state index in [0.717, 1.165) is 5.56 Å². The van der Waals surface area contributed by atoms with E-state index >= 15 is 0 Å². The molecular formula is C28H36ClN3O5. The Balaban J connectivity index is 1.83. The van der Waals surface area contributed by atoms with Gasteiger partial charge in [0, 0.05) is 33.3 Å². The van der Waals surface area contributed by atoms with Crippen LogP contribution in [-0.2, 0) is 19.1 Å². The normalized spacial score (nSPS) is 29.8. The Hall–Kier alpha value is -2.68. The van der Waals surface area contributed by atoms with Crippen LogP contribution in [0.1, 0.15) is 31.7 Å². The molecule has 3 heterocycles. The first-order valence-electron chi connectivity index (χ1n) is 12.7. The Morgan fingerprint density at radius 1 is 1.24 bits per heavy atom. The second-order valence-corrected chi connectivity index (χ2v) is 10.9. The lowest BCUT2D eigenvalue weighted by molar-refractivity contribution is -0.149. The zero-order chi connectivity index (χ0) is 27.1. The number of carbonyl (C=O) groups is 3. The molecule has 3 saturated heterocycles. The molecule has 0 saturated carbocycles. The summed E-state index contributed by atoms with van der Waals surface area (Å²) in [6, 6.07) is 4.45. The zero-order valence-electron chi connectivity index (χ0n) is 21.8. The molecule has 1 spiro atoms. The number of aliphatic hydroxyl groups excluding tert-OH is 1. The predicted molar refractivity (Wildman–Crippen MR) is 142 cm³/mol. The summed E-state index contributed by atoms with van der Waals surface area (Å²) in [5, 5.41) is 9.98. The molecule has 1 aromatic rings. The number of hydrogen-bond donors (Lipinski definition) is 1. The average molecular weight is 530 g/mol. The number of likely N-dealkylation sites (tertiary alicyclic amines) is 1. The van der Waals surface area contributed by atoms with Crippen molar-refractivity contribution >= 4 is 35.0 Å². The topological polar surface area (TPSA) is 90.4 Å². The number of likely N-dealkylation sites (N-methyl/N-ethyl adjacent to an activating group) is 1. The molecule has 5 atom stereocenters. The van der Waals surface area contributed by atoms with Crippen LogP contribution in [-0.4, -0.2) is 83.2 Å². The lowest BCUT2D eigenvalue weighted by Crippen LogP contribution is -2.57. The second-order valence-electron chi connectivity index (χ2n) is 10.5. The van der Waals surface area contributed by atoms with Crippen LogP contribution in [0.25, 0.3) is 0 Å². The number of amides is 3. The molecule has 4 rings (SSSR count). The van der Waals surface area contributed by atoms with E-state index in [-0.39, 0.29) is 37.4 Å². The van der Waals surface area contributed by atoms with Crippen LogP contribution in [0.3, 0.4) is 0 Å². The molecule has 3 fully saturated rings. The van der Waals surface area contributed by atoms with Gasteiger partial charge in [-0.2, -0.15) is 0 Å². The number of anilines is 1. The maximum atomic E-state index is 14.5. The lowest BCUT2D eigenvalue weighted by atomic mass is 9.66. The van der Waals surface area contributed by atoms with Crippen LogP contribution in [0, 0.1) is 18.8 Å². The number of rotatable bonds is 10. The van der Waals surface area contributed by atoms with Crippen LogP contribution in [0.2, 0.25) is 5.02 Å². The zero-order valence-corrected chi connectivity index (χ0v) is 22.5. The van der Waals surface area contributed by atoms with Crippen LogP contribution < -0.4 is 4.90 Å². The third kappa shape index (κ3) is 4.19. The van der Waals surface area contributed by atoms with Crippen LogP contribution >= 0.6 is 11.6 Å². The van der Waals surface area contributed by atoms with Gasteiger partial charge in [-0.25, -0.2) is 0 Å². The Labute approximate surface area is 223 Å². The number of halogens is 1. The Morgan fingerprint density at radius 2 is 1.95 bits per heavy atom. The van der Waals surface area contributed by atoms with Crippen molar-refractivity contribution in [2.75, 3.05) is 38.2 Å². The summed E-state index contributed by atoms with van der Waals surface area (Å²) in [5.74, 6) is -2.32. The number of carbonyl (C=O) groups excluding carboxylic acids is 3. The van der Waals surface area contributed by atoms with Crippen molar-refractivity contribution in [3.8, 4) is 0 Å². The highest BCUT2D eigenvalue weighted by Crippen LogP contribution is 2.63. The maximum absolute atomic E-state index is 14.5. The SMILES string of the molecule is C=CCN(C)C(=O)[C@H]1[C@H]2C(=O)N(CCCO)C(C(=O)N(CC=C)c3c(C)cccc3Cl)C23CC[C@]1(C)O3. The molecule has 1 aromatic carbocycles. The fourth-order valence-electron chi connectivity index (χ4n) is 6.62. The van der Waals surface area contributed by atoms with Crippen molar-refractivity contribution in [3.05, 3.63) is 54.1 Å². The van der Waals surface area contributed by atoms with Gasteiger partial charge in [-0.05, 0) is 44.7 Å². The molecule has 9 heteroatoms. The fraction of sp³-hybridized carbons (Fsp3) is 0.536. The second kappa shape index (κ2) is 10.2. The number of fused-ring (bicyclic) bond motifs is 1. The first kappa shape index (κ1) is 27.4. The standard InChI is InChI=1S/C28H36ClN3O5/c1-6-14-30(5)24(34)20-21-25(35)32(16-9-17-33)23(28(21)13-12-27(20,4)37-28)26(36)31(15-7-2)22-18(3)10-8-11-19(22)29/h6-8,10-11,20-21,23,33H,1-2,9,12-17H2,3-5H3/t20-,21+,23?,27+,28?/m1/s1. The fourth-order valence-corrected chi connectivity index (χ4v) is 6.94. The third-order valence-electron chi connectivity index (χ3n) is 8.15. The molecule has 8 nitrogen and oxygen atoms in total. The van der Waals surface area contributed by atoms with Crippen molar-refractivity contribution in [1.82, 2.24) is 9.80 Å². The maximum Gasteiger partial charge on any atom is 0.253 e. The van der Waals surface area contributed by atoms with Crippen LogP contribution in [0.4, 0.5) is 5.69 Å². The third-order valence-corrected chi connectivity index (χ3v) is 8.45. The van der Waals surface area contributed by atoms with Crippen molar-refractivity contribution in [1.29, 1.82) is 0 Å². The highest BCUT2D eigenvalue weighted by Gasteiger charge is 2.78. The number of hydrogen-bond acceptors (Lipinski definition) is 5. The van der Waals surface area contributed by atoms with Gasteiger partial charge in [0.25, 0.3) is 5.91 Å². The molecule has 200 valence electrons. The smallest absolute Gasteiger partial charge is 0.253 e. The Morgan fingerprint density at radius 3 is 2.57 bits per heavy atom. The molecule has 0 radical (unpaired) electrons. The molecule has 3 amide bonds. The van der Waals surface area contributed by atoms with Crippen molar-refractivity contribution in [3.63, 3.8) is 0 Å². The summed E-state index contributed by atoms with van der Waals surface area (Å²) in [4.78, 5) is 46.8. The average Bonchev–Trinajstić information content (AvgIpc) is 3.42.